The predicted molar refractivity (Wildman–Crippen MR) is 57.0 cm³/mol. The van der Waals surface area contributed by atoms with Crippen LogP contribution in [0.5, 0.6) is 5.75 Å². The maximum atomic E-state index is 13.2. The quantitative estimate of drug-likeness (QED) is 0.802. The van der Waals surface area contributed by atoms with Crippen LogP contribution in [0.3, 0.4) is 0 Å². The van der Waals surface area contributed by atoms with Crippen molar-refractivity contribution in [1.82, 2.24) is 0 Å². The SMILES string of the molecule is N#Cc1ccc(F)c(O)c1[C@H](N)C1CCC1. The van der Waals surface area contributed by atoms with Crippen LogP contribution in [0.1, 0.15) is 36.4 Å². The summed E-state index contributed by atoms with van der Waals surface area (Å²) in [5.74, 6) is -0.943. The third-order valence-electron chi connectivity index (χ3n) is 3.28. The molecule has 0 heterocycles. The lowest BCUT2D eigenvalue weighted by Crippen LogP contribution is -2.27. The van der Waals surface area contributed by atoms with Crippen LogP contribution in [0.2, 0.25) is 0 Å². The highest BCUT2D eigenvalue weighted by molar-refractivity contribution is 5.48. The van der Waals surface area contributed by atoms with Gasteiger partial charge in [0.15, 0.2) is 11.6 Å². The Morgan fingerprint density at radius 3 is 2.69 bits per heavy atom. The molecule has 3 N–H and O–H groups in total. The third-order valence-corrected chi connectivity index (χ3v) is 3.28. The second-order valence-electron chi connectivity index (χ2n) is 4.19. The van der Waals surface area contributed by atoms with Crippen LogP contribution in [-0.2, 0) is 0 Å². The number of nitrogens with zero attached hydrogens (tertiary/aromatic N) is 1. The van der Waals surface area contributed by atoms with Crippen molar-refractivity contribution in [3.63, 3.8) is 0 Å². The van der Waals surface area contributed by atoms with E-state index < -0.39 is 17.6 Å². The Labute approximate surface area is 93.3 Å². The number of halogens is 1. The molecule has 0 amide bonds. The molecule has 0 spiro atoms. The van der Waals surface area contributed by atoms with Crippen molar-refractivity contribution in [1.29, 1.82) is 5.26 Å². The molecule has 1 aliphatic rings. The third kappa shape index (κ3) is 1.63. The number of rotatable bonds is 2. The molecule has 2 rings (SSSR count). The highest BCUT2D eigenvalue weighted by Gasteiger charge is 2.30. The number of aromatic hydroxyl groups is 1. The fourth-order valence-electron chi connectivity index (χ4n) is 2.05. The lowest BCUT2D eigenvalue weighted by Gasteiger charge is -2.32. The van der Waals surface area contributed by atoms with Crippen molar-refractivity contribution in [2.75, 3.05) is 0 Å². The van der Waals surface area contributed by atoms with E-state index >= 15 is 0 Å². The van der Waals surface area contributed by atoms with E-state index in [1.54, 1.807) is 0 Å². The second kappa shape index (κ2) is 4.11. The van der Waals surface area contributed by atoms with E-state index in [9.17, 15) is 9.50 Å². The summed E-state index contributed by atoms with van der Waals surface area (Å²) < 4.78 is 13.2. The minimum absolute atomic E-state index is 0.250. The van der Waals surface area contributed by atoms with Crippen molar-refractivity contribution in [2.45, 2.75) is 25.3 Å². The van der Waals surface area contributed by atoms with Crippen LogP contribution in [0.4, 0.5) is 4.39 Å². The van der Waals surface area contributed by atoms with E-state index in [1.165, 1.54) is 6.07 Å². The summed E-state index contributed by atoms with van der Waals surface area (Å²) in [7, 11) is 0. The van der Waals surface area contributed by atoms with Crippen molar-refractivity contribution in [3.8, 4) is 11.8 Å². The Morgan fingerprint density at radius 2 is 2.19 bits per heavy atom. The lowest BCUT2D eigenvalue weighted by molar-refractivity contribution is 0.259. The Balaban J connectivity index is 2.44. The van der Waals surface area contributed by atoms with E-state index in [-0.39, 0.29) is 17.0 Å². The number of phenols is 1. The summed E-state index contributed by atoms with van der Waals surface area (Å²) in [6.45, 7) is 0. The summed E-state index contributed by atoms with van der Waals surface area (Å²) in [5, 5.41) is 18.6. The fourth-order valence-corrected chi connectivity index (χ4v) is 2.05. The summed E-state index contributed by atoms with van der Waals surface area (Å²) in [6, 6.07) is 3.95. The largest absolute Gasteiger partial charge is 0.505 e. The molecule has 1 aliphatic carbocycles. The highest BCUT2D eigenvalue weighted by atomic mass is 19.1. The van der Waals surface area contributed by atoms with E-state index in [4.69, 9.17) is 11.0 Å². The predicted octanol–water partition coefficient (Wildman–Crippen LogP) is 2.20. The van der Waals surface area contributed by atoms with Crippen molar-refractivity contribution >= 4 is 0 Å². The van der Waals surface area contributed by atoms with Gasteiger partial charge in [-0.25, -0.2) is 4.39 Å². The van der Waals surface area contributed by atoms with Gasteiger partial charge in [0.05, 0.1) is 11.6 Å². The first-order chi connectivity index (χ1) is 7.65. The van der Waals surface area contributed by atoms with E-state index in [0.717, 1.165) is 25.3 Å². The van der Waals surface area contributed by atoms with Gasteiger partial charge in [-0.15, -0.1) is 0 Å². The molecule has 16 heavy (non-hydrogen) atoms. The molecule has 84 valence electrons. The topological polar surface area (TPSA) is 70.0 Å². The zero-order valence-corrected chi connectivity index (χ0v) is 8.78. The minimum Gasteiger partial charge on any atom is -0.505 e. The first kappa shape index (κ1) is 10.9. The second-order valence-corrected chi connectivity index (χ2v) is 4.19. The number of nitrogens with two attached hydrogens (primary N) is 1. The zero-order valence-electron chi connectivity index (χ0n) is 8.78. The minimum atomic E-state index is -0.719. The smallest absolute Gasteiger partial charge is 0.165 e. The molecule has 0 aliphatic heterocycles. The van der Waals surface area contributed by atoms with Crippen molar-refractivity contribution in [2.24, 2.45) is 11.7 Å². The van der Waals surface area contributed by atoms with E-state index in [0.29, 0.717) is 0 Å². The van der Waals surface area contributed by atoms with E-state index in [2.05, 4.69) is 0 Å². The molecule has 1 aromatic carbocycles. The molecule has 0 radical (unpaired) electrons. The maximum Gasteiger partial charge on any atom is 0.165 e. The van der Waals surface area contributed by atoms with Gasteiger partial charge in [0.2, 0.25) is 0 Å². The number of hydrogen-bond donors (Lipinski definition) is 2. The summed E-state index contributed by atoms with van der Waals surface area (Å²) in [6.07, 6.45) is 3.06. The normalized spacial score (nSPS) is 17.6. The first-order valence-corrected chi connectivity index (χ1v) is 5.32. The number of benzene rings is 1. The van der Waals surface area contributed by atoms with Gasteiger partial charge in [0.1, 0.15) is 0 Å². The first-order valence-electron chi connectivity index (χ1n) is 5.32. The number of phenolic OH excluding ortho intramolecular Hbond substituents is 1. The number of hydrogen-bond acceptors (Lipinski definition) is 3. The lowest BCUT2D eigenvalue weighted by atomic mass is 9.76. The van der Waals surface area contributed by atoms with Gasteiger partial charge in [0.25, 0.3) is 0 Å². The van der Waals surface area contributed by atoms with Gasteiger partial charge in [-0.2, -0.15) is 5.26 Å². The molecule has 0 aromatic heterocycles. The van der Waals surface area contributed by atoms with Crippen molar-refractivity contribution in [3.05, 3.63) is 29.1 Å². The molecule has 1 aromatic rings. The molecule has 3 nitrogen and oxygen atoms in total. The maximum absolute atomic E-state index is 13.2. The van der Waals surface area contributed by atoms with Crippen molar-refractivity contribution < 1.29 is 9.50 Å². The average molecular weight is 220 g/mol. The standard InChI is InChI=1S/C12H13FN2O/c13-9-5-4-8(6-14)10(12(9)16)11(15)7-2-1-3-7/h4-5,7,11,16H,1-3,15H2/t11-/m1/s1. The molecular weight excluding hydrogens is 207 g/mol. The summed E-state index contributed by atoms with van der Waals surface area (Å²) in [5.41, 5.74) is 6.49. The van der Waals surface area contributed by atoms with E-state index in [1.807, 2.05) is 6.07 Å². The van der Waals surface area contributed by atoms with Gasteiger partial charge in [0, 0.05) is 11.6 Å². The molecule has 0 bridgehead atoms. The van der Waals surface area contributed by atoms with Crippen LogP contribution in [0.15, 0.2) is 12.1 Å². The summed E-state index contributed by atoms with van der Waals surface area (Å²) in [4.78, 5) is 0. The molecule has 0 saturated heterocycles. The Kier molecular flexibility index (Phi) is 2.80. The highest BCUT2D eigenvalue weighted by Crippen LogP contribution is 2.40. The molecule has 4 heteroatoms. The summed E-state index contributed by atoms with van der Waals surface area (Å²) >= 11 is 0. The fraction of sp³-hybridized carbons (Fsp3) is 0.417. The Morgan fingerprint density at radius 1 is 1.50 bits per heavy atom. The molecular formula is C12H13FN2O. The molecule has 1 saturated carbocycles. The molecule has 0 unspecified atom stereocenters. The molecule has 1 atom stereocenters. The van der Waals surface area contributed by atoms with Crippen LogP contribution < -0.4 is 5.73 Å². The van der Waals surface area contributed by atoms with Gasteiger partial charge >= 0.3 is 0 Å². The number of nitriles is 1. The van der Waals surface area contributed by atoms with Gasteiger partial charge in [-0.05, 0) is 30.9 Å². The Bertz CT molecular complexity index is 449. The van der Waals surface area contributed by atoms with Crippen LogP contribution in [0.25, 0.3) is 0 Å². The van der Waals surface area contributed by atoms with Gasteiger partial charge in [-0.1, -0.05) is 6.42 Å². The van der Waals surface area contributed by atoms with Crippen LogP contribution >= 0.6 is 0 Å². The zero-order chi connectivity index (χ0) is 11.7. The van der Waals surface area contributed by atoms with Crippen LogP contribution in [-0.4, -0.2) is 5.11 Å². The monoisotopic (exact) mass is 220 g/mol. The molecule has 1 fully saturated rings. The Hall–Kier alpha value is -1.60. The van der Waals surface area contributed by atoms with Gasteiger partial charge in [-0.3, -0.25) is 0 Å². The van der Waals surface area contributed by atoms with Crippen LogP contribution in [0, 0.1) is 23.1 Å². The average Bonchev–Trinajstić information content (AvgIpc) is 2.19. The van der Waals surface area contributed by atoms with Gasteiger partial charge < -0.3 is 10.8 Å².